The Morgan fingerprint density at radius 3 is 2.41 bits per heavy atom. The first-order valence-electron chi connectivity index (χ1n) is 12.1. The molecular formula is C29H35NO4. The molecular weight excluding hydrogens is 426 g/mol. The molecule has 4 rings (SSSR count). The van der Waals surface area contributed by atoms with Crippen molar-refractivity contribution in [1.29, 1.82) is 0 Å². The number of likely N-dealkylation sites (tertiary alicyclic amines) is 1. The van der Waals surface area contributed by atoms with Crippen molar-refractivity contribution in [3.63, 3.8) is 0 Å². The van der Waals surface area contributed by atoms with Gasteiger partial charge in [0.2, 0.25) is 0 Å². The van der Waals surface area contributed by atoms with E-state index in [0.717, 1.165) is 29.5 Å². The van der Waals surface area contributed by atoms with Crippen LogP contribution in [0.1, 0.15) is 56.3 Å². The van der Waals surface area contributed by atoms with E-state index in [4.69, 9.17) is 9.47 Å². The molecule has 5 heteroatoms. The number of aliphatic hydroxyl groups is 1. The molecule has 0 radical (unpaired) electrons. The van der Waals surface area contributed by atoms with Crippen molar-refractivity contribution in [2.45, 2.75) is 64.4 Å². The van der Waals surface area contributed by atoms with E-state index < -0.39 is 5.60 Å². The molecule has 0 bridgehead atoms. The van der Waals surface area contributed by atoms with Crippen molar-refractivity contribution in [3.05, 3.63) is 83.4 Å². The van der Waals surface area contributed by atoms with Gasteiger partial charge in [-0.3, -0.25) is 4.90 Å². The van der Waals surface area contributed by atoms with Crippen molar-refractivity contribution in [3.8, 4) is 0 Å². The Hall–Kier alpha value is -2.89. The maximum Gasteiger partial charge on any atom is 0.410 e. The third-order valence-electron chi connectivity index (χ3n) is 6.20. The zero-order valence-corrected chi connectivity index (χ0v) is 20.4. The molecule has 0 spiro atoms. The predicted octanol–water partition coefficient (Wildman–Crippen LogP) is 6.03. The molecule has 5 nitrogen and oxygen atoms in total. The maximum absolute atomic E-state index is 13.1. The number of amides is 1. The molecule has 3 aromatic rings. The van der Waals surface area contributed by atoms with Gasteiger partial charge in [-0.25, -0.2) is 4.79 Å². The van der Waals surface area contributed by atoms with Crippen LogP contribution in [-0.2, 0) is 22.5 Å². The summed E-state index contributed by atoms with van der Waals surface area (Å²) in [5.74, 6) is 0. The van der Waals surface area contributed by atoms with Crippen molar-refractivity contribution in [2.75, 3.05) is 13.2 Å². The normalized spacial score (nSPS) is 18.8. The first-order valence-corrected chi connectivity index (χ1v) is 12.1. The van der Waals surface area contributed by atoms with Crippen LogP contribution in [0.4, 0.5) is 4.79 Å². The smallest absolute Gasteiger partial charge is 0.410 e. The molecule has 0 aromatic heterocycles. The predicted molar refractivity (Wildman–Crippen MR) is 135 cm³/mol. The monoisotopic (exact) mass is 461 g/mol. The van der Waals surface area contributed by atoms with Gasteiger partial charge in [-0.05, 0) is 73.6 Å². The fourth-order valence-corrected chi connectivity index (χ4v) is 4.60. The number of nitrogens with zero attached hydrogens (tertiary/aromatic N) is 1. The number of carbonyl (C=O) groups excluding carboxylic acids is 1. The molecule has 1 aliphatic heterocycles. The number of piperidine rings is 1. The van der Waals surface area contributed by atoms with Crippen LogP contribution in [0.3, 0.4) is 0 Å². The minimum atomic E-state index is -0.564. The average molecular weight is 462 g/mol. The molecule has 180 valence electrons. The van der Waals surface area contributed by atoms with Gasteiger partial charge in [0.25, 0.3) is 0 Å². The highest BCUT2D eigenvalue weighted by Gasteiger charge is 2.38. The van der Waals surface area contributed by atoms with Gasteiger partial charge in [0.1, 0.15) is 5.60 Å². The number of hydrogen-bond donors (Lipinski definition) is 1. The minimum Gasteiger partial charge on any atom is -0.444 e. The SMILES string of the molecule is CC(C)(C)OC(=O)N1CCCC(OCc2ccc3ccccc3c2)C1c1ccc(CCO)cc1. The molecule has 1 amide bonds. The Kier molecular flexibility index (Phi) is 7.54. The summed E-state index contributed by atoms with van der Waals surface area (Å²) in [6.45, 7) is 6.90. The average Bonchev–Trinajstić information content (AvgIpc) is 2.82. The van der Waals surface area contributed by atoms with Crippen LogP contribution in [0.25, 0.3) is 10.8 Å². The van der Waals surface area contributed by atoms with Gasteiger partial charge in [0.15, 0.2) is 0 Å². The van der Waals surface area contributed by atoms with Crippen molar-refractivity contribution < 1.29 is 19.4 Å². The number of hydrogen-bond acceptors (Lipinski definition) is 4. The Labute approximate surface area is 202 Å². The minimum absolute atomic E-state index is 0.115. The van der Waals surface area contributed by atoms with E-state index >= 15 is 0 Å². The zero-order chi connectivity index (χ0) is 24.1. The fraction of sp³-hybridized carbons (Fsp3) is 0.414. The van der Waals surface area contributed by atoms with Crippen LogP contribution >= 0.6 is 0 Å². The Balaban J connectivity index is 1.57. The molecule has 34 heavy (non-hydrogen) atoms. The first-order chi connectivity index (χ1) is 16.3. The fourth-order valence-electron chi connectivity index (χ4n) is 4.60. The molecule has 1 saturated heterocycles. The van der Waals surface area contributed by atoms with Crippen LogP contribution in [-0.4, -0.2) is 41.0 Å². The summed E-state index contributed by atoms with van der Waals surface area (Å²) in [7, 11) is 0. The van der Waals surface area contributed by atoms with Crippen molar-refractivity contribution >= 4 is 16.9 Å². The zero-order valence-electron chi connectivity index (χ0n) is 20.4. The van der Waals surface area contributed by atoms with E-state index in [9.17, 15) is 9.90 Å². The second-order valence-electron chi connectivity index (χ2n) is 10.0. The first kappa shape index (κ1) is 24.2. The molecule has 2 atom stereocenters. The van der Waals surface area contributed by atoms with Gasteiger partial charge in [0.05, 0.1) is 18.8 Å². The van der Waals surface area contributed by atoms with E-state index in [1.54, 1.807) is 0 Å². The summed E-state index contributed by atoms with van der Waals surface area (Å²) in [5.41, 5.74) is 2.64. The summed E-state index contributed by atoms with van der Waals surface area (Å²) in [5, 5.41) is 11.7. The van der Waals surface area contributed by atoms with E-state index in [0.29, 0.717) is 19.6 Å². The summed E-state index contributed by atoms with van der Waals surface area (Å²) in [6.07, 6.45) is 1.90. The van der Waals surface area contributed by atoms with Gasteiger partial charge in [-0.1, -0.05) is 60.7 Å². The van der Waals surface area contributed by atoms with Crippen LogP contribution in [0.2, 0.25) is 0 Å². The molecule has 3 aromatic carbocycles. The lowest BCUT2D eigenvalue weighted by atomic mass is 9.91. The van der Waals surface area contributed by atoms with Crippen LogP contribution in [0.15, 0.2) is 66.7 Å². The maximum atomic E-state index is 13.1. The van der Waals surface area contributed by atoms with Crippen molar-refractivity contribution in [2.24, 2.45) is 0 Å². The third-order valence-corrected chi connectivity index (χ3v) is 6.20. The number of aliphatic hydroxyl groups excluding tert-OH is 1. The lowest BCUT2D eigenvalue weighted by molar-refractivity contribution is -0.0600. The number of carbonyl (C=O) groups is 1. The number of benzene rings is 3. The van der Waals surface area contributed by atoms with E-state index in [-0.39, 0.29) is 24.8 Å². The lowest BCUT2D eigenvalue weighted by Crippen LogP contribution is -2.47. The molecule has 1 fully saturated rings. The molecule has 2 unspecified atom stereocenters. The molecule has 1 aliphatic rings. The molecule has 1 heterocycles. The van der Waals surface area contributed by atoms with E-state index in [1.165, 1.54) is 10.8 Å². The van der Waals surface area contributed by atoms with Gasteiger partial charge in [0, 0.05) is 13.2 Å². The van der Waals surface area contributed by atoms with Gasteiger partial charge >= 0.3 is 6.09 Å². The highest BCUT2D eigenvalue weighted by molar-refractivity contribution is 5.82. The third kappa shape index (κ3) is 5.96. The second kappa shape index (κ2) is 10.6. The highest BCUT2D eigenvalue weighted by atomic mass is 16.6. The Morgan fingerprint density at radius 2 is 1.71 bits per heavy atom. The van der Waals surface area contributed by atoms with Gasteiger partial charge < -0.3 is 14.6 Å². The van der Waals surface area contributed by atoms with Gasteiger partial charge in [-0.15, -0.1) is 0 Å². The van der Waals surface area contributed by atoms with Crippen LogP contribution in [0, 0.1) is 0 Å². The summed E-state index contributed by atoms with van der Waals surface area (Å²) in [4.78, 5) is 15.0. The summed E-state index contributed by atoms with van der Waals surface area (Å²) >= 11 is 0. The van der Waals surface area contributed by atoms with Crippen LogP contribution < -0.4 is 0 Å². The standard InChI is InChI=1S/C29H35NO4/c1-29(2,3)34-28(32)30-17-6-9-26(27(30)24-14-10-21(11-15-24)16-18-31)33-20-22-12-13-23-7-4-5-8-25(23)19-22/h4-5,7-8,10-15,19,26-27,31H,6,9,16-18,20H2,1-3H3. The second-order valence-corrected chi connectivity index (χ2v) is 10.0. The van der Waals surface area contributed by atoms with Crippen molar-refractivity contribution in [1.82, 2.24) is 4.90 Å². The number of rotatable bonds is 6. The topological polar surface area (TPSA) is 59.0 Å². The summed E-state index contributed by atoms with van der Waals surface area (Å²) < 4.78 is 12.2. The van der Waals surface area contributed by atoms with Gasteiger partial charge in [-0.2, -0.15) is 0 Å². The molecule has 1 N–H and O–H groups in total. The van der Waals surface area contributed by atoms with Crippen LogP contribution in [0.5, 0.6) is 0 Å². The van der Waals surface area contributed by atoms with E-state index in [2.05, 4.69) is 30.3 Å². The van der Waals surface area contributed by atoms with E-state index in [1.807, 2.05) is 62.1 Å². The largest absolute Gasteiger partial charge is 0.444 e. The quantitative estimate of drug-likeness (QED) is 0.487. The highest BCUT2D eigenvalue weighted by Crippen LogP contribution is 2.35. The summed E-state index contributed by atoms with van der Waals surface area (Å²) in [6, 6.07) is 22.6. The number of ether oxygens (including phenoxy) is 2. The Morgan fingerprint density at radius 1 is 1.00 bits per heavy atom. The molecule has 0 saturated carbocycles. The Bertz CT molecular complexity index is 1100. The number of fused-ring (bicyclic) bond motifs is 1. The molecule has 0 aliphatic carbocycles. The lowest BCUT2D eigenvalue weighted by Gasteiger charge is -2.41.